The third-order valence-electron chi connectivity index (χ3n) is 2.17. The molecule has 72 valence electrons. The first-order valence-electron chi connectivity index (χ1n) is 4.83. The van der Waals surface area contributed by atoms with Crippen LogP contribution in [0, 0.1) is 5.92 Å². The van der Waals surface area contributed by atoms with Gasteiger partial charge in [-0.25, -0.2) is 0 Å². The van der Waals surface area contributed by atoms with Gasteiger partial charge < -0.3 is 10.4 Å². The monoisotopic (exact) mass is 189 g/mol. The Balaban J connectivity index is 1.70. The van der Waals surface area contributed by atoms with E-state index in [1.54, 1.807) is 0 Å². The summed E-state index contributed by atoms with van der Waals surface area (Å²) >= 11 is 2.07. The first-order chi connectivity index (χ1) is 5.93. The van der Waals surface area contributed by atoms with Gasteiger partial charge in [0.2, 0.25) is 0 Å². The highest BCUT2D eigenvalue weighted by molar-refractivity contribution is 7.99. The summed E-state index contributed by atoms with van der Waals surface area (Å²) in [7, 11) is 0. The molecule has 0 aliphatic carbocycles. The molecule has 0 aromatic carbocycles. The smallest absolute Gasteiger partial charge is 0.0431 e. The van der Waals surface area contributed by atoms with Gasteiger partial charge in [-0.05, 0) is 43.4 Å². The van der Waals surface area contributed by atoms with Crippen molar-refractivity contribution in [1.82, 2.24) is 5.32 Å². The molecular weight excluding hydrogens is 170 g/mol. The van der Waals surface area contributed by atoms with Gasteiger partial charge >= 0.3 is 0 Å². The molecule has 1 aliphatic rings. The topological polar surface area (TPSA) is 32.3 Å². The fourth-order valence-electron chi connectivity index (χ4n) is 1.21. The van der Waals surface area contributed by atoms with Crippen LogP contribution in [0.15, 0.2) is 0 Å². The first-order valence-corrected chi connectivity index (χ1v) is 5.98. The predicted octanol–water partition coefficient (Wildman–Crippen LogP) is 1.10. The SMILES string of the molecule is OCCCCCSCC1CNC1. The van der Waals surface area contributed by atoms with Crippen LogP contribution in [0.2, 0.25) is 0 Å². The predicted molar refractivity (Wildman–Crippen MR) is 54.6 cm³/mol. The van der Waals surface area contributed by atoms with Crippen molar-refractivity contribution in [3.8, 4) is 0 Å². The van der Waals surface area contributed by atoms with Gasteiger partial charge in [-0.15, -0.1) is 0 Å². The molecule has 0 aromatic heterocycles. The van der Waals surface area contributed by atoms with E-state index >= 15 is 0 Å². The van der Waals surface area contributed by atoms with Crippen molar-refractivity contribution in [2.75, 3.05) is 31.2 Å². The third-order valence-corrected chi connectivity index (χ3v) is 3.45. The highest BCUT2D eigenvalue weighted by Crippen LogP contribution is 2.14. The summed E-state index contributed by atoms with van der Waals surface area (Å²) in [5, 5.41) is 11.8. The van der Waals surface area contributed by atoms with Crippen LogP contribution >= 0.6 is 11.8 Å². The minimum atomic E-state index is 0.358. The van der Waals surface area contributed by atoms with Crippen LogP contribution in [0.3, 0.4) is 0 Å². The normalized spacial score (nSPS) is 17.8. The van der Waals surface area contributed by atoms with Crippen molar-refractivity contribution in [3.05, 3.63) is 0 Å². The number of aliphatic hydroxyl groups is 1. The van der Waals surface area contributed by atoms with Crippen molar-refractivity contribution in [2.45, 2.75) is 19.3 Å². The van der Waals surface area contributed by atoms with Crippen molar-refractivity contribution in [1.29, 1.82) is 0 Å². The van der Waals surface area contributed by atoms with E-state index in [0.717, 1.165) is 12.3 Å². The van der Waals surface area contributed by atoms with Crippen molar-refractivity contribution < 1.29 is 5.11 Å². The zero-order valence-corrected chi connectivity index (χ0v) is 8.41. The molecule has 0 amide bonds. The maximum absolute atomic E-state index is 8.54. The second-order valence-corrected chi connectivity index (χ2v) is 4.53. The van der Waals surface area contributed by atoms with E-state index in [9.17, 15) is 0 Å². The third kappa shape index (κ3) is 4.33. The molecule has 1 heterocycles. The Morgan fingerprint density at radius 3 is 2.67 bits per heavy atom. The second kappa shape index (κ2) is 6.75. The summed E-state index contributed by atoms with van der Waals surface area (Å²) in [5.41, 5.74) is 0. The number of thioether (sulfide) groups is 1. The zero-order valence-electron chi connectivity index (χ0n) is 7.59. The summed E-state index contributed by atoms with van der Waals surface area (Å²) < 4.78 is 0. The molecule has 0 spiro atoms. The second-order valence-electron chi connectivity index (χ2n) is 3.38. The number of rotatable bonds is 7. The van der Waals surface area contributed by atoms with E-state index in [1.165, 1.54) is 37.4 Å². The van der Waals surface area contributed by atoms with Crippen molar-refractivity contribution in [2.24, 2.45) is 5.92 Å². The Labute approximate surface area is 79.1 Å². The summed E-state index contributed by atoms with van der Waals surface area (Å²) in [6, 6.07) is 0. The Morgan fingerprint density at radius 2 is 2.08 bits per heavy atom. The van der Waals surface area contributed by atoms with Crippen LogP contribution in [-0.2, 0) is 0 Å². The molecule has 1 aliphatic heterocycles. The summed E-state index contributed by atoms with van der Waals surface area (Å²) in [4.78, 5) is 0. The molecule has 1 rings (SSSR count). The minimum Gasteiger partial charge on any atom is -0.396 e. The molecule has 0 saturated carbocycles. The van der Waals surface area contributed by atoms with Crippen LogP contribution in [0.1, 0.15) is 19.3 Å². The van der Waals surface area contributed by atoms with Gasteiger partial charge in [-0.3, -0.25) is 0 Å². The van der Waals surface area contributed by atoms with E-state index in [1.807, 2.05) is 0 Å². The van der Waals surface area contributed by atoms with Gasteiger partial charge in [0.1, 0.15) is 0 Å². The number of nitrogens with one attached hydrogen (secondary N) is 1. The van der Waals surface area contributed by atoms with Crippen LogP contribution in [0.4, 0.5) is 0 Å². The Morgan fingerprint density at radius 1 is 1.25 bits per heavy atom. The molecule has 12 heavy (non-hydrogen) atoms. The van der Waals surface area contributed by atoms with E-state index in [4.69, 9.17) is 5.11 Å². The molecule has 2 nitrogen and oxygen atoms in total. The molecule has 1 saturated heterocycles. The highest BCUT2D eigenvalue weighted by atomic mass is 32.2. The average Bonchev–Trinajstić information content (AvgIpc) is 2.00. The largest absolute Gasteiger partial charge is 0.396 e. The molecule has 0 atom stereocenters. The lowest BCUT2D eigenvalue weighted by Crippen LogP contribution is -2.43. The minimum absolute atomic E-state index is 0.358. The Kier molecular flexibility index (Phi) is 5.82. The lowest BCUT2D eigenvalue weighted by atomic mass is 10.1. The molecular formula is C9H19NOS. The van der Waals surface area contributed by atoms with Gasteiger partial charge in [0.15, 0.2) is 0 Å². The molecule has 0 aromatic rings. The van der Waals surface area contributed by atoms with Crippen LogP contribution in [0.5, 0.6) is 0 Å². The lowest BCUT2D eigenvalue weighted by Gasteiger charge is -2.26. The van der Waals surface area contributed by atoms with Gasteiger partial charge in [0, 0.05) is 6.61 Å². The number of hydrogen-bond donors (Lipinski definition) is 2. The molecule has 3 heteroatoms. The summed E-state index contributed by atoms with van der Waals surface area (Å²) in [5.74, 6) is 3.54. The Hall–Kier alpha value is 0.270. The van der Waals surface area contributed by atoms with Gasteiger partial charge in [-0.1, -0.05) is 6.42 Å². The zero-order chi connectivity index (χ0) is 8.65. The molecule has 2 N–H and O–H groups in total. The number of aliphatic hydroxyl groups excluding tert-OH is 1. The van der Waals surface area contributed by atoms with E-state index in [2.05, 4.69) is 17.1 Å². The van der Waals surface area contributed by atoms with Gasteiger partial charge in [-0.2, -0.15) is 11.8 Å². The molecule has 0 unspecified atom stereocenters. The van der Waals surface area contributed by atoms with Gasteiger partial charge in [0.05, 0.1) is 0 Å². The summed E-state index contributed by atoms with van der Waals surface area (Å²) in [6.45, 7) is 2.81. The standard InChI is InChI=1S/C9H19NOS/c11-4-2-1-3-5-12-8-9-6-10-7-9/h9-11H,1-8H2. The lowest BCUT2D eigenvalue weighted by molar-refractivity contribution is 0.284. The molecule has 1 fully saturated rings. The van der Waals surface area contributed by atoms with E-state index in [-0.39, 0.29) is 0 Å². The van der Waals surface area contributed by atoms with Crippen LogP contribution < -0.4 is 5.32 Å². The van der Waals surface area contributed by atoms with E-state index in [0.29, 0.717) is 6.61 Å². The fourth-order valence-corrected chi connectivity index (χ4v) is 2.35. The number of hydrogen-bond acceptors (Lipinski definition) is 3. The number of unbranched alkanes of at least 4 members (excludes halogenated alkanes) is 2. The van der Waals surface area contributed by atoms with E-state index < -0.39 is 0 Å². The maximum atomic E-state index is 8.54. The first kappa shape index (κ1) is 10.4. The van der Waals surface area contributed by atoms with Gasteiger partial charge in [0.25, 0.3) is 0 Å². The van der Waals surface area contributed by atoms with Crippen molar-refractivity contribution >= 4 is 11.8 Å². The average molecular weight is 189 g/mol. The highest BCUT2D eigenvalue weighted by Gasteiger charge is 2.15. The quantitative estimate of drug-likeness (QED) is 0.588. The maximum Gasteiger partial charge on any atom is 0.0431 e. The Bertz CT molecular complexity index is 107. The molecule has 0 radical (unpaired) electrons. The van der Waals surface area contributed by atoms with Crippen molar-refractivity contribution in [3.63, 3.8) is 0 Å². The van der Waals surface area contributed by atoms with Crippen LogP contribution in [-0.4, -0.2) is 36.3 Å². The van der Waals surface area contributed by atoms with Crippen LogP contribution in [0.25, 0.3) is 0 Å². The summed E-state index contributed by atoms with van der Waals surface area (Å²) in [6.07, 6.45) is 3.43. The fraction of sp³-hybridized carbons (Fsp3) is 1.00. The molecule has 0 bridgehead atoms.